The Labute approximate surface area is 219 Å². The molecule has 11 heteroatoms. The van der Waals surface area contributed by atoms with E-state index >= 15 is 0 Å². The Hall–Kier alpha value is -4.51. The molecule has 1 unspecified atom stereocenters. The molecule has 0 saturated carbocycles. The average Bonchev–Trinajstić information content (AvgIpc) is 3.35. The molecule has 38 heavy (non-hydrogen) atoms. The lowest BCUT2D eigenvalue weighted by molar-refractivity contribution is -0.132. The summed E-state index contributed by atoms with van der Waals surface area (Å²) in [6.45, 7) is 4.84. The Morgan fingerprint density at radius 1 is 1.03 bits per heavy atom. The molecule has 0 bridgehead atoms. The topological polar surface area (TPSA) is 160 Å². The van der Waals surface area contributed by atoms with Gasteiger partial charge in [-0.15, -0.1) is 0 Å². The van der Waals surface area contributed by atoms with Crippen molar-refractivity contribution in [1.29, 1.82) is 0 Å². The van der Waals surface area contributed by atoms with Gasteiger partial charge in [-0.05, 0) is 50.6 Å². The fourth-order valence-corrected chi connectivity index (χ4v) is 3.38. The summed E-state index contributed by atoms with van der Waals surface area (Å²) in [5, 5.41) is 21.5. The van der Waals surface area contributed by atoms with Gasteiger partial charge in [-0.25, -0.2) is 0 Å². The van der Waals surface area contributed by atoms with Gasteiger partial charge in [0.2, 0.25) is 11.8 Å². The summed E-state index contributed by atoms with van der Waals surface area (Å²) in [6, 6.07) is 12.6. The van der Waals surface area contributed by atoms with Crippen LogP contribution in [-0.4, -0.2) is 59.1 Å². The molecule has 0 aliphatic carbocycles. The molecule has 4 N–H and O–H groups in total. The number of benzene rings is 2. The number of ether oxygens (including phenoxy) is 1. The van der Waals surface area contributed by atoms with E-state index in [9.17, 15) is 24.3 Å². The number of carbonyl (C=O) groups is 4. The molecule has 0 spiro atoms. The second-order valence-corrected chi connectivity index (χ2v) is 8.78. The van der Waals surface area contributed by atoms with Gasteiger partial charge < -0.3 is 30.3 Å². The molecule has 3 rings (SSSR count). The lowest BCUT2D eigenvalue weighted by Gasteiger charge is -2.24. The molecule has 0 saturated heterocycles. The number of amides is 3. The van der Waals surface area contributed by atoms with E-state index in [2.05, 4.69) is 21.1 Å². The van der Waals surface area contributed by atoms with Crippen LogP contribution in [0.5, 0.6) is 5.75 Å². The summed E-state index contributed by atoms with van der Waals surface area (Å²) < 4.78 is 10.6. The monoisotopic (exact) mass is 522 g/mol. The van der Waals surface area contributed by atoms with Crippen molar-refractivity contribution in [2.45, 2.75) is 45.5 Å². The Balaban J connectivity index is 1.71. The second kappa shape index (κ2) is 13.2. The van der Waals surface area contributed by atoms with Crippen molar-refractivity contribution in [3.63, 3.8) is 0 Å². The van der Waals surface area contributed by atoms with E-state index in [4.69, 9.17) is 9.26 Å². The Bertz CT molecular complexity index is 1250. The van der Waals surface area contributed by atoms with Crippen molar-refractivity contribution in [3.05, 3.63) is 82.7 Å². The fourth-order valence-electron chi connectivity index (χ4n) is 3.38. The van der Waals surface area contributed by atoms with Crippen molar-refractivity contribution in [2.75, 3.05) is 6.61 Å². The number of nitrogens with one attached hydrogen (secondary N) is 3. The number of aldehydes is 1. The zero-order valence-electron chi connectivity index (χ0n) is 21.3. The quantitative estimate of drug-likeness (QED) is 0.260. The third-order valence-corrected chi connectivity index (χ3v) is 5.57. The van der Waals surface area contributed by atoms with E-state index in [1.165, 1.54) is 13.0 Å². The standard InChI is InChI=1S/C27H30N4O7/c1-16-4-6-19(7-5-16)13-28-25(34)23(15-37-21-10-8-20(14-32)9-11-21)29-27(36)24(18(3)33)30-26(35)22-12-17(2)38-31-22/h4-12,14,18,23-24,33H,13,15H2,1-3H3,(H,28,34)(H,29,36)(H,30,35)/t18-,23?,24+/m1/s1. The highest BCUT2D eigenvalue weighted by atomic mass is 16.5. The first-order chi connectivity index (χ1) is 18.2. The normalized spacial score (nSPS) is 13.1. The van der Waals surface area contributed by atoms with Gasteiger partial charge in [-0.3, -0.25) is 19.2 Å². The molecule has 3 amide bonds. The molecule has 200 valence electrons. The first-order valence-corrected chi connectivity index (χ1v) is 11.9. The van der Waals surface area contributed by atoms with Crippen LogP contribution in [0, 0.1) is 13.8 Å². The maximum atomic E-state index is 13.1. The SMILES string of the molecule is Cc1ccc(CNC(=O)C(COc2ccc(C=O)cc2)NC(=O)[C@@H](NC(=O)c2cc(C)on2)[C@@H](C)O)cc1. The number of carbonyl (C=O) groups excluding carboxylic acids is 4. The van der Waals surface area contributed by atoms with Crippen LogP contribution in [0.4, 0.5) is 0 Å². The molecule has 2 aromatic carbocycles. The smallest absolute Gasteiger partial charge is 0.274 e. The Kier molecular flexibility index (Phi) is 9.72. The highest BCUT2D eigenvalue weighted by molar-refractivity contribution is 5.97. The van der Waals surface area contributed by atoms with Crippen LogP contribution in [0.15, 0.2) is 59.1 Å². The molecule has 3 atom stereocenters. The highest BCUT2D eigenvalue weighted by Crippen LogP contribution is 2.12. The van der Waals surface area contributed by atoms with Gasteiger partial charge in [0.1, 0.15) is 36.5 Å². The van der Waals surface area contributed by atoms with Gasteiger partial charge in [-0.2, -0.15) is 0 Å². The van der Waals surface area contributed by atoms with Crippen LogP contribution in [0.25, 0.3) is 0 Å². The van der Waals surface area contributed by atoms with E-state index in [0.29, 0.717) is 23.4 Å². The molecular formula is C27H30N4O7. The molecule has 3 aromatic rings. The number of aliphatic hydroxyl groups excluding tert-OH is 1. The number of nitrogens with zero attached hydrogens (tertiary/aromatic N) is 1. The summed E-state index contributed by atoms with van der Waals surface area (Å²) in [5.74, 6) is -1.29. The third-order valence-electron chi connectivity index (χ3n) is 5.57. The zero-order chi connectivity index (χ0) is 27.7. The van der Waals surface area contributed by atoms with Crippen LogP contribution in [-0.2, 0) is 16.1 Å². The molecule has 1 aromatic heterocycles. The minimum absolute atomic E-state index is 0.0598. The van der Waals surface area contributed by atoms with Gasteiger partial charge in [-0.1, -0.05) is 35.0 Å². The van der Waals surface area contributed by atoms with E-state index in [1.807, 2.05) is 31.2 Å². The summed E-state index contributed by atoms with van der Waals surface area (Å²) >= 11 is 0. The number of aromatic nitrogens is 1. The minimum atomic E-state index is -1.39. The Morgan fingerprint density at radius 3 is 2.29 bits per heavy atom. The lowest BCUT2D eigenvalue weighted by Crippen LogP contribution is -2.58. The summed E-state index contributed by atoms with van der Waals surface area (Å²) in [7, 11) is 0. The molecule has 1 heterocycles. The molecule has 0 radical (unpaired) electrons. The first-order valence-electron chi connectivity index (χ1n) is 11.9. The molecule has 0 fully saturated rings. The van der Waals surface area contributed by atoms with E-state index in [1.54, 1.807) is 31.2 Å². The van der Waals surface area contributed by atoms with E-state index in [-0.39, 0.29) is 18.8 Å². The average molecular weight is 523 g/mol. The zero-order valence-corrected chi connectivity index (χ0v) is 21.3. The number of hydrogen-bond acceptors (Lipinski definition) is 8. The molecule has 11 nitrogen and oxygen atoms in total. The van der Waals surface area contributed by atoms with Crippen LogP contribution < -0.4 is 20.7 Å². The van der Waals surface area contributed by atoms with E-state index in [0.717, 1.165) is 11.1 Å². The van der Waals surface area contributed by atoms with Crippen molar-refractivity contribution in [3.8, 4) is 5.75 Å². The maximum Gasteiger partial charge on any atom is 0.274 e. The van der Waals surface area contributed by atoms with Crippen molar-refractivity contribution in [1.82, 2.24) is 21.1 Å². The van der Waals surface area contributed by atoms with Crippen LogP contribution in [0.1, 0.15) is 44.7 Å². The number of aryl methyl sites for hydroxylation is 2. The highest BCUT2D eigenvalue weighted by Gasteiger charge is 2.31. The van der Waals surface area contributed by atoms with Crippen molar-refractivity contribution >= 4 is 24.0 Å². The predicted molar refractivity (Wildman–Crippen MR) is 136 cm³/mol. The third kappa shape index (κ3) is 8.00. The van der Waals surface area contributed by atoms with Crippen LogP contribution in [0.2, 0.25) is 0 Å². The second-order valence-electron chi connectivity index (χ2n) is 8.78. The Morgan fingerprint density at radius 2 is 1.71 bits per heavy atom. The number of rotatable bonds is 12. The fraction of sp³-hybridized carbons (Fsp3) is 0.296. The van der Waals surface area contributed by atoms with Gasteiger partial charge in [0.25, 0.3) is 5.91 Å². The molecule has 0 aliphatic heterocycles. The first kappa shape index (κ1) is 28.1. The maximum absolute atomic E-state index is 13.1. The molecule has 0 aliphatic rings. The summed E-state index contributed by atoms with van der Waals surface area (Å²) in [6.07, 6.45) is -0.601. The largest absolute Gasteiger partial charge is 0.491 e. The van der Waals surface area contributed by atoms with Gasteiger partial charge in [0.15, 0.2) is 5.69 Å². The summed E-state index contributed by atoms with van der Waals surface area (Å²) in [4.78, 5) is 49.5. The van der Waals surface area contributed by atoms with Crippen LogP contribution in [0.3, 0.4) is 0 Å². The van der Waals surface area contributed by atoms with Gasteiger partial charge in [0, 0.05) is 18.2 Å². The number of hydrogen-bond donors (Lipinski definition) is 4. The molecular weight excluding hydrogens is 492 g/mol. The van der Waals surface area contributed by atoms with Crippen LogP contribution >= 0.6 is 0 Å². The number of aliphatic hydroxyl groups is 1. The van der Waals surface area contributed by atoms with Crippen molar-refractivity contribution in [2.24, 2.45) is 0 Å². The van der Waals surface area contributed by atoms with Gasteiger partial charge >= 0.3 is 0 Å². The lowest BCUT2D eigenvalue weighted by atomic mass is 10.1. The predicted octanol–water partition coefficient (Wildman–Crippen LogP) is 1.46. The van der Waals surface area contributed by atoms with E-state index < -0.39 is 35.9 Å². The minimum Gasteiger partial charge on any atom is -0.491 e. The van der Waals surface area contributed by atoms with Crippen molar-refractivity contribution < 1.29 is 33.5 Å². The summed E-state index contributed by atoms with van der Waals surface area (Å²) in [5.41, 5.74) is 2.33. The van der Waals surface area contributed by atoms with Gasteiger partial charge in [0.05, 0.1) is 6.10 Å².